The number of fused-ring (bicyclic) bond motifs is 1. The number of aromatic nitrogens is 3. The molecule has 1 aromatic rings. The summed E-state index contributed by atoms with van der Waals surface area (Å²) in [5.41, 5.74) is 0. The van der Waals surface area contributed by atoms with Crippen LogP contribution in [0.4, 0.5) is 0 Å². The molecule has 1 aliphatic rings. The molecule has 4 nitrogen and oxygen atoms in total. The molecule has 0 fully saturated rings. The van der Waals surface area contributed by atoms with Gasteiger partial charge in [0.05, 0.1) is 19.3 Å². The molecule has 46 valence electrons. The van der Waals surface area contributed by atoms with Gasteiger partial charge in [-0.1, -0.05) is 0 Å². The van der Waals surface area contributed by atoms with Gasteiger partial charge in [-0.3, -0.25) is 4.99 Å². The second-order valence-corrected chi connectivity index (χ2v) is 1.88. The highest BCUT2D eigenvalue weighted by Crippen LogP contribution is 1.94. The minimum Gasteiger partial charge on any atom is -0.287 e. The maximum atomic E-state index is 4.04. The van der Waals surface area contributed by atoms with Gasteiger partial charge in [-0.15, -0.1) is 0 Å². The molecule has 2 rings (SSSR count). The van der Waals surface area contributed by atoms with Crippen molar-refractivity contribution in [1.82, 2.24) is 14.8 Å². The van der Waals surface area contributed by atoms with E-state index in [1.807, 2.05) is 4.68 Å². The Morgan fingerprint density at radius 1 is 1.56 bits per heavy atom. The van der Waals surface area contributed by atoms with E-state index < -0.39 is 0 Å². The Balaban J connectivity index is 2.53. The normalized spacial score (nSPS) is 15.6. The van der Waals surface area contributed by atoms with Gasteiger partial charge < -0.3 is 0 Å². The van der Waals surface area contributed by atoms with Gasteiger partial charge in [0.2, 0.25) is 0 Å². The van der Waals surface area contributed by atoms with Gasteiger partial charge >= 0.3 is 0 Å². The van der Waals surface area contributed by atoms with Gasteiger partial charge in [-0.25, -0.2) is 9.67 Å². The zero-order chi connectivity index (χ0) is 6.10. The molecule has 0 radical (unpaired) electrons. The van der Waals surface area contributed by atoms with Gasteiger partial charge in [-0.2, -0.15) is 5.10 Å². The molecule has 0 saturated heterocycles. The van der Waals surface area contributed by atoms with Crippen LogP contribution in [0.3, 0.4) is 0 Å². The van der Waals surface area contributed by atoms with Crippen LogP contribution in [0.5, 0.6) is 0 Å². The quantitative estimate of drug-likeness (QED) is 0.474. The van der Waals surface area contributed by atoms with E-state index in [-0.39, 0.29) is 0 Å². The second-order valence-electron chi connectivity index (χ2n) is 1.88. The number of rotatable bonds is 0. The van der Waals surface area contributed by atoms with Crippen LogP contribution >= 0.6 is 0 Å². The van der Waals surface area contributed by atoms with Crippen molar-refractivity contribution < 1.29 is 0 Å². The Hall–Kier alpha value is -1.19. The highest BCUT2D eigenvalue weighted by Gasteiger charge is 2.02. The highest BCUT2D eigenvalue weighted by molar-refractivity contribution is 5.74. The average Bonchev–Trinajstić information content (AvgIpc) is 2.33. The molecule has 1 aliphatic heterocycles. The summed E-state index contributed by atoms with van der Waals surface area (Å²) in [5.74, 6) is 0.862. The zero-order valence-corrected chi connectivity index (χ0v) is 4.86. The summed E-state index contributed by atoms with van der Waals surface area (Å²) in [6.45, 7) is 1.70. The van der Waals surface area contributed by atoms with Crippen molar-refractivity contribution in [2.45, 2.75) is 6.54 Å². The Morgan fingerprint density at radius 2 is 2.56 bits per heavy atom. The van der Waals surface area contributed by atoms with E-state index >= 15 is 0 Å². The summed E-state index contributed by atoms with van der Waals surface area (Å²) in [4.78, 5) is 8.00. The van der Waals surface area contributed by atoms with Crippen LogP contribution in [0.1, 0.15) is 5.82 Å². The van der Waals surface area contributed by atoms with Gasteiger partial charge in [0.25, 0.3) is 0 Å². The molecule has 0 aromatic carbocycles. The van der Waals surface area contributed by atoms with Crippen LogP contribution < -0.4 is 0 Å². The van der Waals surface area contributed by atoms with Gasteiger partial charge in [0.15, 0.2) is 5.82 Å². The summed E-state index contributed by atoms with van der Waals surface area (Å²) in [5, 5.41) is 3.97. The van der Waals surface area contributed by atoms with E-state index in [1.165, 1.54) is 0 Å². The summed E-state index contributed by atoms with van der Waals surface area (Å²) in [7, 11) is 0. The molecule has 9 heavy (non-hydrogen) atoms. The number of hydrogen-bond acceptors (Lipinski definition) is 3. The Labute approximate surface area is 52.2 Å². The lowest BCUT2D eigenvalue weighted by molar-refractivity contribution is 0.608. The topological polar surface area (TPSA) is 43.1 Å². The summed E-state index contributed by atoms with van der Waals surface area (Å²) >= 11 is 0. The van der Waals surface area contributed by atoms with Crippen LogP contribution in [-0.2, 0) is 6.54 Å². The predicted molar refractivity (Wildman–Crippen MR) is 32.5 cm³/mol. The van der Waals surface area contributed by atoms with Crippen LogP contribution in [0, 0.1) is 0 Å². The van der Waals surface area contributed by atoms with Crippen molar-refractivity contribution >= 4 is 6.21 Å². The molecule has 0 N–H and O–H groups in total. The Morgan fingerprint density at radius 3 is 3.44 bits per heavy atom. The molecule has 0 amide bonds. The van der Waals surface area contributed by atoms with Gasteiger partial charge in [-0.05, 0) is 0 Å². The third-order valence-corrected chi connectivity index (χ3v) is 1.29. The number of hydrogen-bond donors (Lipinski definition) is 0. The first-order valence-corrected chi connectivity index (χ1v) is 2.84. The molecule has 0 aliphatic carbocycles. The average molecular weight is 122 g/mol. The SMILES string of the molecule is C1=NCCn2ncnc21. The predicted octanol–water partition coefficient (Wildman–Crippen LogP) is -0.289. The van der Waals surface area contributed by atoms with Crippen molar-refractivity contribution in [2.24, 2.45) is 4.99 Å². The minimum absolute atomic E-state index is 0.830. The Bertz CT molecular complexity index is 237. The van der Waals surface area contributed by atoms with Crippen molar-refractivity contribution in [2.75, 3.05) is 6.54 Å². The summed E-state index contributed by atoms with van der Waals surface area (Å²) < 4.78 is 1.84. The van der Waals surface area contributed by atoms with Crippen LogP contribution in [0.25, 0.3) is 0 Å². The van der Waals surface area contributed by atoms with Crippen LogP contribution in [-0.4, -0.2) is 27.5 Å². The van der Waals surface area contributed by atoms with Crippen molar-refractivity contribution in [3.63, 3.8) is 0 Å². The lowest BCUT2D eigenvalue weighted by Gasteiger charge is -2.03. The smallest absolute Gasteiger partial charge is 0.168 e. The van der Waals surface area contributed by atoms with Crippen LogP contribution in [0.2, 0.25) is 0 Å². The van der Waals surface area contributed by atoms with Crippen molar-refractivity contribution in [1.29, 1.82) is 0 Å². The summed E-state index contributed by atoms with van der Waals surface area (Å²) in [6, 6.07) is 0. The maximum absolute atomic E-state index is 4.04. The molecule has 0 spiro atoms. The molecule has 0 unspecified atom stereocenters. The first-order chi connectivity index (χ1) is 4.47. The Kier molecular flexibility index (Phi) is 0.855. The molecule has 0 bridgehead atoms. The van der Waals surface area contributed by atoms with E-state index in [4.69, 9.17) is 0 Å². The van der Waals surface area contributed by atoms with E-state index in [9.17, 15) is 0 Å². The lowest BCUT2D eigenvalue weighted by atomic mass is 10.5. The third-order valence-electron chi connectivity index (χ3n) is 1.29. The highest BCUT2D eigenvalue weighted by atomic mass is 15.3. The molecule has 1 aromatic heterocycles. The minimum atomic E-state index is 0.830. The molecule has 4 heteroatoms. The molecule has 0 atom stereocenters. The molecular weight excluding hydrogens is 116 g/mol. The molecular formula is C5H6N4. The van der Waals surface area contributed by atoms with Gasteiger partial charge in [0.1, 0.15) is 6.33 Å². The van der Waals surface area contributed by atoms with E-state index in [0.717, 1.165) is 18.9 Å². The first-order valence-electron chi connectivity index (χ1n) is 2.84. The second kappa shape index (κ2) is 1.65. The largest absolute Gasteiger partial charge is 0.287 e. The van der Waals surface area contributed by atoms with E-state index in [1.54, 1.807) is 12.5 Å². The maximum Gasteiger partial charge on any atom is 0.168 e. The van der Waals surface area contributed by atoms with Gasteiger partial charge in [0, 0.05) is 0 Å². The molecule has 0 saturated carbocycles. The monoisotopic (exact) mass is 122 g/mol. The third kappa shape index (κ3) is 0.630. The molecule has 2 heterocycles. The van der Waals surface area contributed by atoms with Crippen LogP contribution in [0.15, 0.2) is 11.3 Å². The fourth-order valence-electron chi connectivity index (χ4n) is 0.844. The zero-order valence-electron chi connectivity index (χ0n) is 4.86. The van der Waals surface area contributed by atoms with E-state index in [2.05, 4.69) is 15.1 Å². The van der Waals surface area contributed by atoms with Crippen molar-refractivity contribution in [3.8, 4) is 0 Å². The van der Waals surface area contributed by atoms with Crippen molar-refractivity contribution in [3.05, 3.63) is 12.2 Å². The number of nitrogens with zero attached hydrogens (tertiary/aromatic N) is 4. The summed E-state index contributed by atoms with van der Waals surface area (Å²) in [6.07, 6.45) is 3.29. The lowest BCUT2D eigenvalue weighted by Crippen LogP contribution is -2.12. The fraction of sp³-hybridized carbons (Fsp3) is 0.400. The van der Waals surface area contributed by atoms with E-state index in [0.29, 0.717) is 0 Å². The first kappa shape index (κ1) is 4.67. The fourth-order valence-corrected chi connectivity index (χ4v) is 0.844. The number of aliphatic imine (C=N–C) groups is 1. The standard InChI is InChI=1S/C5H6N4/c1-2-9-5(3-6-1)7-4-8-9/h3-4H,1-2H2.